The van der Waals surface area contributed by atoms with Gasteiger partial charge in [-0.15, -0.1) is 13.2 Å². The highest BCUT2D eigenvalue weighted by atomic mass is 19.4. The van der Waals surface area contributed by atoms with Gasteiger partial charge in [-0.05, 0) is 42.5 Å². The maximum absolute atomic E-state index is 12.1. The molecule has 1 aromatic carbocycles. The largest absolute Gasteiger partial charge is 0.573 e. The summed E-state index contributed by atoms with van der Waals surface area (Å²) in [7, 11) is 0. The maximum atomic E-state index is 12.1. The van der Waals surface area contributed by atoms with Crippen molar-refractivity contribution in [3.63, 3.8) is 0 Å². The molecule has 2 aromatic heterocycles. The Morgan fingerprint density at radius 2 is 1.80 bits per heavy atom. The van der Waals surface area contributed by atoms with Gasteiger partial charge in [0.1, 0.15) is 5.75 Å². The van der Waals surface area contributed by atoms with Crippen molar-refractivity contribution >= 4 is 5.52 Å². The molecule has 3 aromatic rings. The molecule has 2 heterocycles. The lowest BCUT2D eigenvalue weighted by molar-refractivity contribution is -0.274. The van der Waals surface area contributed by atoms with Gasteiger partial charge in [0.2, 0.25) is 0 Å². The molecule has 6 heteroatoms. The summed E-state index contributed by atoms with van der Waals surface area (Å²) in [6, 6.07) is 11.3. The van der Waals surface area contributed by atoms with Gasteiger partial charge in [0, 0.05) is 17.3 Å². The van der Waals surface area contributed by atoms with Gasteiger partial charge in [-0.1, -0.05) is 0 Å². The SMILES string of the molecule is FC(F)(F)Oc1ccc(-c2cc3cccn3cn2)cc1. The zero-order valence-electron chi connectivity index (χ0n) is 10.1. The number of aromatic nitrogens is 2. The van der Waals surface area contributed by atoms with Crippen LogP contribution in [0.15, 0.2) is 55.0 Å². The van der Waals surface area contributed by atoms with Crippen molar-refractivity contribution in [3.8, 4) is 17.0 Å². The van der Waals surface area contributed by atoms with Crippen molar-refractivity contribution in [2.24, 2.45) is 0 Å². The summed E-state index contributed by atoms with van der Waals surface area (Å²) in [5, 5.41) is 0. The maximum Gasteiger partial charge on any atom is 0.573 e. The standard InChI is InChI=1S/C14H9F3N2O/c15-14(16,17)20-12-5-3-10(4-6-12)13-8-11-2-1-7-19(11)9-18-13/h1-9H. The highest BCUT2D eigenvalue weighted by Crippen LogP contribution is 2.26. The zero-order valence-corrected chi connectivity index (χ0v) is 10.1. The molecule has 0 radical (unpaired) electrons. The van der Waals surface area contributed by atoms with Crippen LogP contribution < -0.4 is 4.74 Å². The van der Waals surface area contributed by atoms with Crippen LogP contribution in [0, 0.1) is 0 Å². The second-order valence-electron chi connectivity index (χ2n) is 4.19. The van der Waals surface area contributed by atoms with Crippen molar-refractivity contribution < 1.29 is 17.9 Å². The molecule has 0 N–H and O–H groups in total. The molecule has 3 rings (SSSR count). The Balaban J connectivity index is 1.90. The molecule has 0 spiro atoms. The van der Waals surface area contributed by atoms with Gasteiger partial charge in [-0.25, -0.2) is 4.98 Å². The van der Waals surface area contributed by atoms with E-state index in [2.05, 4.69) is 9.72 Å². The average Bonchev–Trinajstić information content (AvgIpc) is 2.85. The van der Waals surface area contributed by atoms with Gasteiger partial charge in [0.25, 0.3) is 0 Å². The van der Waals surface area contributed by atoms with Crippen molar-refractivity contribution in [1.82, 2.24) is 9.38 Å². The number of fused-ring (bicyclic) bond motifs is 1. The van der Waals surface area contributed by atoms with E-state index in [1.54, 1.807) is 18.5 Å². The van der Waals surface area contributed by atoms with Gasteiger partial charge in [0.15, 0.2) is 0 Å². The molecule has 0 saturated carbocycles. The highest BCUT2D eigenvalue weighted by Gasteiger charge is 2.30. The Kier molecular flexibility index (Phi) is 2.85. The Labute approximate surface area is 112 Å². The lowest BCUT2D eigenvalue weighted by atomic mass is 10.1. The van der Waals surface area contributed by atoms with Crippen LogP contribution in [0.5, 0.6) is 5.75 Å². The molecule has 20 heavy (non-hydrogen) atoms. The molecular formula is C14H9F3N2O. The normalized spacial score (nSPS) is 11.8. The van der Waals surface area contributed by atoms with E-state index in [9.17, 15) is 13.2 Å². The number of hydrogen-bond donors (Lipinski definition) is 0. The molecule has 0 aliphatic heterocycles. The Hall–Kier alpha value is -2.50. The van der Waals surface area contributed by atoms with Gasteiger partial charge >= 0.3 is 6.36 Å². The summed E-state index contributed by atoms with van der Waals surface area (Å²) >= 11 is 0. The first-order valence-electron chi connectivity index (χ1n) is 5.80. The summed E-state index contributed by atoms with van der Waals surface area (Å²) in [5.74, 6) is -0.245. The lowest BCUT2D eigenvalue weighted by Crippen LogP contribution is -2.16. The van der Waals surface area contributed by atoms with Crippen LogP contribution in [-0.2, 0) is 0 Å². The molecule has 0 fully saturated rings. The smallest absolute Gasteiger partial charge is 0.406 e. The molecule has 102 valence electrons. The molecule has 0 unspecified atom stereocenters. The van der Waals surface area contributed by atoms with Crippen LogP contribution in [0.3, 0.4) is 0 Å². The van der Waals surface area contributed by atoms with Crippen molar-refractivity contribution in [2.45, 2.75) is 6.36 Å². The first-order chi connectivity index (χ1) is 9.51. The third-order valence-electron chi connectivity index (χ3n) is 2.80. The quantitative estimate of drug-likeness (QED) is 0.710. The van der Waals surface area contributed by atoms with E-state index < -0.39 is 6.36 Å². The molecule has 0 aliphatic rings. The molecule has 0 bridgehead atoms. The summed E-state index contributed by atoms with van der Waals surface area (Å²) in [6.45, 7) is 0. The molecular weight excluding hydrogens is 269 g/mol. The third-order valence-corrected chi connectivity index (χ3v) is 2.80. The fraction of sp³-hybridized carbons (Fsp3) is 0.0714. The first kappa shape index (κ1) is 12.5. The van der Waals surface area contributed by atoms with Gasteiger partial charge in [-0.2, -0.15) is 0 Å². The number of benzene rings is 1. The minimum Gasteiger partial charge on any atom is -0.406 e. The first-order valence-corrected chi connectivity index (χ1v) is 5.80. The monoisotopic (exact) mass is 278 g/mol. The summed E-state index contributed by atoms with van der Waals surface area (Å²) in [4.78, 5) is 4.25. The lowest BCUT2D eigenvalue weighted by Gasteiger charge is -2.09. The van der Waals surface area contributed by atoms with Crippen LogP contribution in [0.2, 0.25) is 0 Å². The Morgan fingerprint density at radius 1 is 1.05 bits per heavy atom. The molecule has 3 nitrogen and oxygen atoms in total. The summed E-state index contributed by atoms with van der Waals surface area (Å²) in [5.41, 5.74) is 2.38. The number of nitrogens with zero attached hydrogens (tertiary/aromatic N) is 2. The van der Waals surface area contributed by atoms with Gasteiger partial charge in [-0.3, -0.25) is 0 Å². The predicted molar refractivity (Wildman–Crippen MR) is 67.3 cm³/mol. The van der Waals surface area contributed by atoms with Gasteiger partial charge < -0.3 is 9.14 Å². The Morgan fingerprint density at radius 3 is 2.50 bits per heavy atom. The van der Waals surface area contributed by atoms with Crippen molar-refractivity contribution in [2.75, 3.05) is 0 Å². The number of alkyl halides is 3. The van der Waals surface area contributed by atoms with E-state index in [1.807, 2.05) is 28.8 Å². The second-order valence-corrected chi connectivity index (χ2v) is 4.19. The number of rotatable bonds is 2. The van der Waals surface area contributed by atoms with E-state index >= 15 is 0 Å². The minimum absolute atomic E-state index is 0.245. The molecule has 0 amide bonds. The van der Waals surface area contributed by atoms with E-state index in [-0.39, 0.29) is 5.75 Å². The topological polar surface area (TPSA) is 26.5 Å². The second kappa shape index (κ2) is 4.56. The Bertz CT molecular complexity index is 732. The van der Waals surface area contributed by atoms with Crippen LogP contribution >= 0.6 is 0 Å². The number of hydrogen-bond acceptors (Lipinski definition) is 2. The fourth-order valence-corrected chi connectivity index (χ4v) is 1.92. The fourth-order valence-electron chi connectivity index (χ4n) is 1.92. The summed E-state index contributed by atoms with van der Waals surface area (Å²) < 4.78 is 41.9. The summed E-state index contributed by atoms with van der Waals surface area (Å²) in [6.07, 6.45) is -1.15. The van der Waals surface area contributed by atoms with Crippen LogP contribution in [0.1, 0.15) is 0 Å². The van der Waals surface area contributed by atoms with Crippen LogP contribution in [-0.4, -0.2) is 15.7 Å². The van der Waals surface area contributed by atoms with Crippen molar-refractivity contribution in [3.05, 3.63) is 55.0 Å². The predicted octanol–water partition coefficient (Wildman–Crippen LogP) is 3.90. The van der Waals surface area contributed by atoms with Crippen LogP contribution in [0.4, 0.5) is 13.2 Å². The van der Waals surface area contributed by atoms with Crippen molar-refractivity contribution in [1.29, 1.82) is 0 Å². The molecule has 0 atom stereocenters. The number of halogens is 3. The zero-order chi connectivity index (χ0) is 14.2. The minimum atomic E-state index is -4.68. The van der Waals surface area contributed by atoms with Crippen LogP contribution in [0.25, 0.3) is 16.8 Å². The molecule has 0 aliphatic carbocycles. The molecule has 0 saturated heterocycles. The van der Waals surface area contributed by atoms with E-state index in [4.69, 9.17) is 0 Å². The van der Waals surface area contributed by atoms with E-state index in [0.29, 0.717) is 5.69 Å². The van der Waals surface area contributed by atoms with E-state index in [0.717, 1.165) is 11.1 Å². The highest BCUT2D eigenvalue weighted by molar-refractivity contribution is 5.65. The van der Waals surface area contributed by atoms with Gasteiger partial charge in [0.05, 0.1) is 12.0 Å². The van der Waals surface area contributed by atoms with E-state index in [1.165, 1.54) is 12.1 Å². The average molecular weight is 278 g/mol. The third kappa shape index (κ3) is 2.59. The number of ether oxygens (including phenoxy) is 1.